The summed E-state index contributed by atoms with van der Waals surface area (Å²) in [6.07, 6.45) is 3.10. The second-order valence-corrected chi connectivity index (χ2v) is 5.24. The fraction of sp³-hybridized carbons (Fsp3) is 0.133. The van der Waals surface area contributed by atoms with Gasteiger partial charge < -0.3 is 10.1 Å². The van der Waals surface area contributed by atoms with E-state index in [-0.39, 0.29) is 16.6 Å². The third kappa shape index (κ3) is 3.04. The van der Waals surface area contributed by atoms with Crippen molar-refractivity contribution < 1.29 is 14.3 Å². The monoisotopic (exact) mass is 345 g/mol. The summed E-state index contributed by atoms with van der Waals surface area (Å²) in [5.74, 6) is -0.397. The van der Waals surface area contributed by atoms with E-state index in [9.17, 15) is 9.59 Å². The number of nitrogens with zero attached hydrogens (tertiary/aromatic N) is 4. The highest BCUT2D eigenvalue weighted by molar-refractivity contribution is 6.32. The maximum Gasteiger partial charge on any atom is 0.341 e. The minimum Gasteiger partial charge on any atom is -0.465 e. The molecule has 0 atom stereocenters. The van der Waals surface area contributed by atoms with Crippen molar-refractivity contribution in [2.75, 3.05) is 12.4 Å². The van der Waals surface area contributed by atoms with Crippen LogP contribution in [0.25, 0.3) is 16.9 Å². The van der Waals surface area contributed by atoms with Crippen molar-refractivity contribution in [2.24, 2.45) is 0 Å². The number of pyridine rings is 1. The Morgan fingerprint density at radius 2 is 2.12 bits per heavy atom. The summed E-state index contributed by atoms with van der Waals surface area (Å²) in [5, 5.41) is 7.05. The number of carbonyl (C=O) groups is 2. The molecule has 0 aliphatic carbocycles. The van der Waals surface area contributed by atoms with Gasteiger partial charge in [0.05, 0.1) is 24.6 Å². The molecule has 0 fully saturated rings. The lowest BCUT2D eigenvalue weighted by atomic mass is 10.1. The van der Waals surface area contributed by atoms with Crippen LogP contribution in [0.2, 0.25) is 5.15 Å². The smallest absolute Gasteiger partial charge is 0.341 e. The summed E-state index contributed by atoms with van der Waals surface area (Å²) in [5.41, 5.74) is 1.88. The molecule has 1 amide bonds. The van der Waals surface area contributed by atoms with Gasteiger partial charge in [-0.1, -0.05) is 11.6 Å². The van der Waals surface area contributed by atoms with Crippen molar-refractivity contribution in [3.05, 3.63) is 41.3 Å². The molecule has 3 aromatic heterocycles. The van der Waals surface area contributed by atoms with E-state index in [4.69, 9.17) is 11.6 Å². The molecule has 24 heavy (non-hydrogen) atoms. The molecular weight excluding hydrogens is 334 g/mol. The number of carbonyl (C=O) groups excluding carboxylic acids is 2. The molecule has 3 rings (SSSR count). The number of halogens is 1. The molecule has 0 unspecified atom stereocenters. The molecule has 0 saturated carbocycles. The molecule has 3 aromatic rings. The van der Waals surface area contributed by atoms with E-state index < -0.39 is 5.97 Å². The zero-order chi connectivity index (χ0) is 17.3. The topological polar surface area (TPSA) is 98.5 Å². The SMILES string of the molecule is COC(=O)c1cc(-c2ccc3nc(NC(C)=O)cn3n2)cnc1Cl. The summed E-state index contributed by atoms with van der Waals surface area (Å²) >= 11 is 5.92. The number of hydrogen-bond donors (Lipinski definition) is 1. The van der Waals surface area contributed by atoms with Crippen molar-refractivity contribution >= 4 is 34.9 Å². The average molecular weight is 346 g/mol. The lowest BCUT2D eigenvalue weighted by molar-refractivity contribution is -0.114. The molecular formula is C15H12ClN5O3. The standard InChI is InChI=1S/C15H12ClN5O3/c1-8(22)18-12-7-21-13(19-12)4-3-11(20-21)9-5-10(15(23)24-2)14(16)17-6-9/h3-7H,1-2H3,(H,18,22). The van der Waals surface area contributed by atoms with Gasteiger partial charge in [-0.2, -0.15) is 5.10 Å². The van der Waals surface area contributed by atoms with Gasteiger partial charge in [0.25, 0.3) is 0 Å². The van der Waals surface area contributed by atoms with Gasteiger partial charge in [-0.3, -0.25) is 4.79 Å². The first kappa shape index (κ1) is 15.9. The normalized spacial score (nSPS) is 10.6. The largest absolute Gasteiger partial charge is 0.465 e. The van der Waals surface area contributed by atoms with E-state index in [1.165, 1.54) is 24.7 Å². The van der Waals surface area contributed by atoms with E-state index in [1.807, 2.05) is 0 Å². The number of ether oxygens (including phenoxy) is 1. The molecule has 122 valence electrons. The van der Waals surface area contributed by atoms with E-state index in [0.717, 1.165) is 0 Å². The predicted octanol–water partition coefficient (Wildman–Crippen LogP) is 2.19. The van der Waals surface area contributed by atoms with Crippen LogP contribution < -0.4 is 5.32 Å². The molecule has 8 nitrogen and oxygen atoms in total. The molecule has 9 heteroatoms. The van der Waals surface area contributed by atoms with Crippen molar-refractivity contribution in [3.63, 3.8) is 0 Å². The van der Waals surface area contributed by atoms with E-state index in [0.29, 0.717) is 22.7 Å². The third-order valence-corrected chi connectivity index (χ3v) is 3.47. The first-order valence-electron chi connectivity index (χ1n) is 6.86. The molecule has 0 aliphatic heterocycles. The maximum absolute atomic E-state index is 11.7. The Morgan fingerprint density at radius 3 is 2.83 bits per heavy atom. The van der Waals surface area contributed by atoms with Crippen LogP contribution in [0.4, 0.5) is 5.82 Å². The zero-order valence-corrected chi connectivity index (χ0v) is 13.5. The number of imidazole rings is 1. The molecule has 1 N–H and O–H groups in total. The second kappa shape index (κ2) is 6.25. The van der Waals surface area contributed by atoms with Crippen LogP contribution >= 0.6 is 11.6 Å². The Bertz CT molecular complexity index is 953. The van der Waals surface area contributed by atoms with Gasteiger partial charge in [0, 0.05) is 18.7 Å². The molecule has 0 aliphatic rings. The Morgan fingerprint density at radius 1 is 1.33 bits per heavy atom. The molecule has 0 spiro atoms. The van der Waals surface area contributed by atoms with Crippen LogP contribution in [-0.4, -0.2) is 38.6 Å². The van der Waals surface area contributed by atoms with E-state index >= 15 is 0 Å². The van der Waals surface area contributed by atoms with Gasteiger partial charge in [-0.15, -0.1) is 0 Å². The van der Waals surface area contributed by atoms with Crippen LogP contribution in [0, 0.1) is 0 Å². The number of anilines is 1. The maximum atomic E-state index is 11.7. The van der Waals surface area contributed by atoms with Crippen LogP contribution in [0.3, 0.4) is 0 Å². The van der Waals surface area contributed by atoms with Gasteiger partial charge in [-0.25, -0.2) is 19.3 Å². The van der Waals surface area contributed by atoms with Crippen molar-refractivity contribution in [2.45, 2.75) is 6.92 Å². The number of methoxy groups -OCH3 is 1. The number of aromatic nitrogens is 4. The lowest BCUT2D eigenvalue weighted by Crippen LogP contribution is -2.05. The first-order valence-corrected chi connectivity index (χ1v) is 7.24. The third-order valence-electron chi connectivity index (χ3n) is 3.16. The molecule has 3 heterocycles. The predicted molar refractivity (Wildman–Crippen MR) is 86.9 cm³/mol. The Labute approximate surface area is 141 Å². The highest BCUT2D eigenvalue weighted by atomic mass is 35.5. The Balaban J connectivity index is 2.03. The number of esters is 1. The molecule has 0 aromatic carbocycles. The number of fused-ring (bicyclic) bond motifs is 1. The van der Waals surface area contributed by atoms with Gasteiger partial charge in [-0.05, 0) is 18.2 Å². The fourth-order valence-electron chi connectivity index (χ4n) is 2.12. The fourth-order valence-corrected chi connectivity index (χ4v) is 2.30. The van der Waals surface area contributed by atoms with Crippen LogP contribution in [0.1, 0.15) is 17.3 Å². The Kier molecular flexibility index (Phi) is 4.13. The summed E-state index contributed by atoms with van der Waals surface area (Å²) in [4.78, 5) is 31.0. The molecule has 0 radical (unpaired) electrons. The van der Waals surface area contributed by atoms with Crippen molar-refractivity contribution in [1.29, 1.82) is 0 Å². The minimum absolute atomic E-state index is 0.0576. The van der Waals surface area contributed by atoms with Crippen molar-refractivity contribution in [3.8, 4) is 11.3 Å². The van der Waals surface area contributed by atoms with Gasteiger partial charge in [0.2, 0.25) is 5.91 Å². The van der Waals surface area contributed by atoms with Crippen LogP contribution in [-0.2, 0) is 9.53 Å². The summed E-state index contributed by atoms with van der Waals surface area (Å²) in [6.45, 7) is 1.40. The number of amides is 1. The Hall–Kier alpha value is -3.00. The zero-order valence-electron chi connectivity index (χ0n) is 12.8. The summed E-state index contributed by atoms with van der Waals surface area (Å²) in [7, 11) is 1.27. The number of rotatable bonds is 3. The van der Waals surface area contributed by atoms with Crippen molar-refractivity contribution in [1.82, 2.24) is 19.6 Å². The first-order chi connectivity index (χ1) is 11.5. The average Bonchev–Trinajstić information content (AvgIpc) is 2.95. The molecule has 0 bridgehead atoms. The summed E-state index contributed by atoms with van der Waals surface area (Å²) < 4.78 is 6.20. The van der Waals surface area contributed by atoms with E-state index in [2.05, 4.69) is 25.1 Å². The summed E-state index contributed by atoms with van der Waals surface area (Å²) in [6, 6.07) is 5.02. The number of hydrogen-bond acceptors (Lipinski definition) is 6. The highest BCUT2D eigenvalue weighted by Gasteiger charge is 2.14. The minimum atomic E-state index is -0.578. The van der Waals surface area contributed by atoms with Crippen LogP contribution in [0.5, 0.6) is 0 Å². The molecule has 0 saturated heterocycles. The van der Waals surface area contributed by atoms with Crippen LogP contribution in [0.15, 0.2) is 30.6 Å². The number of nitrogens with one attached hydrogen (secondary N) is 1. The highest BCUT2D eigenvalue weighted by Crippen LogP contribution is 2.23. The van der Waals surface area contributed by atoms with Gasteiger partial charge >= 0.3 is 5.97 Å². The lowest BCUT2D eigenvalue weighted by Gasteiger charge is -2.05. The quantitative estimate of drug-likeness (QED) is 0.577. The second-order valence-electron chi connectivity index (χ2n) is 4.88. The van der Waals surface area contributed by atoms with Gasteiger partial charge in [0.1, 0.15) is 5.15 Å². The van der Waals surface area contributed by atoms with E-state index in [1.54, 1.807) is 24.4 Å². The van der Waals surface area contributed by atoms with Gasteiger partial charge in [0.15, 0.2) is 11.5 Å².